The van der Waals surface area contributed by atoms with Crippen LogP contribution in [0.15, 0.2) is 4.99 Å². The fourth-order valence-corrected chi connectivity index (χ4v) is 3.71. The van der Waals surface area contributed by atoms with E-state index in [2.05, 4.69) is 20.1 Å². The Labute approximate surface area is 169 Å². The third-order valence-electron chi connectivity index (χ3n) is 5.47. The molecule has 0 unspecified atom stereocenters. The summed E-state index contributed by atoms with van der Waals surface area (Å²) >= 11 is 0. The monoisotopic (exact) mass is 463 g/mol. The van der Waals surface area contributed by atoms with Crippen molar-refractivity contribution in [1.29, 1.82) is 0 Å². The number of aliphatic imine (C=N–C) groups is 1. The molecule has 6 nitrogen and oxygen atoms in total. The van der Waals surface area contributed by atoms with E-state index in [4.69, 9.17) is 0 Å². The predicted molar refractivity (Wildman–Crippen MR) is 113 cm³/mol. The van der Waals surface area contributed by atoms with Gasteiger partial charge in [0.05, 0.1) is 6.54 Å². The third-order valence-corrected chi connectivity index (χ3v) is 5.47. The summed E-state index contributed by atoms with van der Waals surface area (Å²) in [5.41, 5.74) is 0. The van der Waals surface area contributed by atoms with Gasteiger partial charge >= 0.3 is 0 Å². The number of nitrogens with zero attached hydrogens (tertiary/aromatic N) is 4. The Morgan fingerprint density at radius 3 is 2.32 bits per heavy atom. The van der Waals surface area contributed by atoms with Crippen LogP contribution < -0.4 is 5.32 Å². The van der Waals surface area contributed by atoms with Gasteiger partial charge in [-0.15, -0.1) is 24.0 Å². The highest BCUT2D eigenvalue weighted by atomic mass is 127. The molecule has 2 heterocycles. The number of likely N-dealkylation sites (tertiary alicyclic amines) is 1. The van der Waals surface area contributed by atoms with Crippen LogP contribution in [0, 0.1) is 5.92 Å². The number of amides is 1. The van der Waals surface area contributed by atoms with E-state index < -0.39 is 0 Å². The summed E-state index contributed by atoms with van der Waals surface area (Å²) in [5, 5.41) is 3.50. The second kappa shape index (κ2) is 10.5. The number of carbonyl (C=O) groups excluding carboxylic acids is 1. The maximum Gasteiger partial charge on any atom is 0.236 e. The quantitative estimate of drug-likeness (QED) is 0.282. The lowest BCUT2D eigenvalue weighted by atomic mass is 10.2. The first kappa shape index (κ1) is 20.7. The Morgan fingerprint density at radius 2 is 1.72 bits per heavy atom. The van der Waals surface area contributed by atoms with E-state index in [1.165, 1.54) is 38.5 Å². The molecule has 1 saturated carbocycles. The molecule has 0 aromatic rings. The lowest BCUT2D eigenvalue weighted by Crippen LogP contribution is -2.54. The van der Waals surface area contributed by atoms with Gasteiger partial charge < -0.3 is 15.1 Å². The van der Waals surface area contributed by atoms with E-state index in [1.807, 2.05) is 11.9 Å². The Balaban J connectivity index is 0.00000225. The largest absolute Gasteiger partial charge is 0.356 e. The first-order valence-electron chi connectivity index (χ1n) is 9.72. The number of carbonyl (C=O) groups is 1. The van der Waals surface area contributed by atoms with Gasteiger partial charge in [-0.3, -0.25) is 14.7 Å². The molecule has 0 aromatic carbocycles. The molecule has 3 fully saturated rings. The smallest absolute Gasteiger partial charge is 0.236 e. The maximum absolute atomic E-state index is 12.3. The zero-order chi connectivity index (χ0) is 16.8. The molecule has 2 aliphatic heterocycles. The van der Waals surface area contributed by atoms with Crippen molar-refractivity contribution in [1.82, 2.24) is 20.0 Å². The Morgan fingerprint density at radius 1 is 1.04 bits per heavy atom. The van der Waals surface area contributed by atoms with Crippen LogP contribution in [-0.4, -0.2) is 86.0 Å². The molecule has 25 heavy (non-hydrogen) atoms. The summed E-state index contributed by atoms with van der Waals surface area (Å²) in [6.45, 7) is 7.32. The summed E-state index contributed by atoms with van der Waals surface area (Å²) < 4.78 is 0. The van der Waals surface area contributed by atoms with E-state index >= 15 is 0 Å². The van der Waals surface area contributed by atoms with Crippen LogP contribution >= 0.6 is 24.0 Å². The molecule has 3 aliphatic rings. The molecular weight excluding hydrogens is 429 g/mol. The average Bonchev–Trinajstić information content (AvgIpc) is 3.26. The molecule has 3 rings (SSSR count). The number of hydrogen-bond donors (Lipinski definition) is 1. The SMILES string of the molecule is CN=C(NCCCC1CC1)N1CCN(CC(=O)N2CCCC2)CC1.I. The van der Waals surface area contributed by atoms with E-state index in [0.29, 0.717) is 12.5 Å². The van der Waals surface area contributed by atoms with Gasteiger partial charge in [0.25, 0.3) is 0 Å². The minimum absolute atomic E-state index is 0. The number of guanidine groups is 1. The highest BCUT2D eigenvalue weighted by Gasteiger charge is 2.24. The van der Waals surface area contributed by atoms with Crippen molar-refractivity contribution in [2.75, 3.05) is 59.4 Å². The van der Waals surface area contributed by atoms with Gasteiger partial charge in [-0.1, -0.05) is 12.8 Å². The maximum atomic E-state index is 12.3. The zero-order valence-corrected chi connectivity index (χ0v) is 17.9. The molecule has 1 N–H and O–H groups in total. The lowest BCUT2D eigenvalue weighted by molar-refractivity contribution is -0.131. The van der Waals surface area contributed by atoms with Crippen LogP contribution in [0.4, 0.5) is 0 Å². The van der Waals surface area contributed by atoms with Crippen molar-refractivity contribution in [2.24, 2.45) is 10.9 Å². The first-order chi connectivity index (χ1) is 11.8. The molecule has 144 valence electrons. The lowest BCUT2D eigenvalue weighted by Gasteiger charge is -2.36. The summed E-state index contributed by atoms with van der Waals surface area (Å²) in [6.07, 6.45) is 7.81. The highest BCUT2D eigenvalue weighted by molar-refractivity contribution is 14.0. The van der Waals surface area contributed by atoms with E-state index in [0.717, 1.165) is 57.7 Å². The molecule has 1 amide bonds. The number of rotatable bonds is 6. The Bertz CT molecular complexity index is 441. The Kier molecular flexibility index (Phi) is 8.75. The van der Waals surface area contributed by atoms with Crippen LogP contribution in [0.1, 0.15) is 38.5 Å². The first-order valence-corrected chi connectivity index (χ1v) is 9.72. The van der Waals surface area contributed by atoms with Gasteiger partial charge in [0, 0.05) is 52.9 Å². The minimum atomic E-state index is 0. The van der Waals surface area contributed by atoms with Crippen molar-refractivity contribution in [3.63, 3.8) is 0 Å². The van der Waals surface area contributed by atoms with Gasteiger partial charge in [-0.25, -0.2) is 0 Å². The number of halogens is 1. The molecule has 0 bridgehead atoms. The normalized spacial score (nSPS) is 22.0. The van der Waals surface area contributed by atoms with Crippen molar-refractivity contribution >= 4 is 35.8 Å². The highest BCUT2D eigenvalue weighted by Crippen LogP contribution is 2.33. The van der Waals surface area contributed by atoms with Gasteiger partial charge in [-0.2, -0.15) is 0 Å². The van der Waals surface area contributed by atoms with E-state index in [1.54, 1.807) is 0 Å². The van der Waals surface area contributed by atoms with Crippen LogP contribution in [0.2, 0.25) is 0 Å². The summed E-state index contributed by atoms with van der Waals surface area (Å²) in [4.78, 5) is 23.3. The van der Waals surface area contributed by atoms with Crippen molar-refractivity contribution in [2.45, 2.75) is 38.5 Å². The fraction of sp³-hybridized carbons (Fsp3) is 0.889. The molecule has 2 saturated heterocycles. The topological polar surface area (TPSA) is 51.2 Å². The van der Waals surface area contributed by atoms with E-state index in [-0.39, 0.29) is 24.0 Å². The third kappa shape index (κ3) is 6.58. The molecule has 0 atom stereocenters. The van der Waals surface area contributed by atoms with E-state index in [9.17, 15) is 4.79 Å². The standard InChI is InChI=1S/C18H33N5O.HI/c1-19-18(20-8-4-5-16-6-7-16)23-13-11-21(12-14-23)15-17(24)22-9-2-3-10-22;/h16H,2-15H2,1H3,(H,19,20);1H. The molecule has 0 spiro atoms. The Hall–Kier alpha value is -0.570. The molecule has 0 radical (unpaired) electrons. The predicted octanol–water partition coefficient (Wildman–Crippen LogP) is 1.61. The van der Waals surface area contributed by atoms with Gasteiger partial charge in [0.1, 0.15) is 0 Å². The van der Waals surface area contributed by atoms with Crippen LogP contribution in [-0.2, 0) is 4.79 Å². The van der Waals surface area contributed by atoms with Crippen LogP contribution in [0.5, 0.6) is 0 Å². The number of nitrogens with one attached hydrogen (secondary N) is 1. The zero-order valence-electron chi connectivity index (χ0n) is 15.6. The average molecular weight is 463 g/mol. The van der Waals surface area contributed by atoms with Crippen molar-refractivity contribution in [3.8, 4) is 0 Å². The summed E-state index contributed by atoms with van der Waals surface area (Å²) in [6, 6.07) is 0. The van der Waals surface area contributed by atoms with Crippen LogP contribution in [0.25, 0.3) is 0 Å². The number of piperazine rings is 1. The number of hydrogen-bond acceptors (Lipinski definition) is 3. The molecule has 0 aromatic heterocycles. The van der Waals surface area contributed by atoms with Crippen molar-refractivity contribution in [3.05, 3.63) is 0 Å². The second-order valence-corrected chi connectivity index (χ2v) is 7.41. The molecular formula is C18H34IN5O. The molecule has 7 heteroatoms. The summed E-state index contributed by atoms with van der Waals surface area (Å²) in [5.74, 6) is 2.34. The van der Waals surface area contributed by atoms with Gasteiger partial charge in [-0.05, 0) is 31.6 Å². The summed E-state index contributed by atoms with van der Waals surface area (Å²) in [7, 11) is 1.87. The molecule has 1 aliphatic carbocycles. The van der Waals surface area contributed by atoms with Gasteiger partial charge in [0.15, 0.2) is 5.96 Å². The minimum Gasteiger partial charge on any atom is -0.356 e. The fourth-order valence-electron chi connectivity index (χ4n) is 3.71. The van der Waals surface area contributed by atoms with Crippen molar-refractivity contribution < 1.29 is 4.79 Å². The van der Waals surface area contributed by atoms with Gasteiger partial charge in [0.2, 0.25) is 5.91 Å². The van der Waals surface area contributed by atoms with Crippen LogP contribution in [0.3, 0.4) is 0 Å². The second-order valence-electron chi connectivity index (χ2n) is 7.41.